The van der Waals surface area contributed by atoms with Gasteiger partial charge in [-0.15, -0.1) is 0 Å². The smallest absolute Gasteiger partial charge is 0.203 e. The molecule has 1 aromatic rings. The number of fused-ring (bicyclic) bond motifs is 1. The maximum atomic E-state index is 12.0. The number of aromatic hydroxyl groups is 1. The van der Waals surface area contributed by atoms with Gasteiger partial charge in [-0.05, 0) is 25.1 Å². The molecule has 0 saturated heterocycles. The molecule has 0 saturated carbocycles. The van der Waals surface area contributed by atoms with Gasteiger partial charge in [0.25, 0.3) is 0 Å². The van der Waals surface area contributed by atoms with Crippen LogP contribution in [0.4, 0.5) is 0 Å². The molecule has 1 aliphatic rings. The fourth-order valence-corrected chi connectivity index (χ4v) is 3.48. The van der Waals surface area contributed by atoms with E-state index >= 15 is 0 Å². The normalized spacial score (nSPS) is 19.0. The lowest BCUT2D eigenvalue weighted by molar-refractivity contribution is 0.197. The van der Waals surface area contributed by atoms with Crippen molar-refractivity contribution in [1.82, 2.24) is 0 Å². The van der Waals surface area contributed by atoms with Crippen LogP contribution in [-0.4, -0.2) is 24.7 Å². The molecule has 0 amide bonds. The first-order valence-electron chi connectivity index (χ1n) is 4.88. The zero-order valence-electron chi connectivity index (χ0n) is 8.71. The van der Waals surface area contributed by atoms with Crippen LogP contribution in [0.3, 0.4) is 0 Å². The summed E-state index contributed by atoms with van der Waals surface area (Å²) < 4.78 is 24.0. The van der Waals surface area contributed by atoms with Crippen molar-refractivity contribution in [3.8, 4) is 5.75 Å². The van der Waals surface area contributed by atoms with E-state index in [-0.39, 0.29) is 22.0 Å². The predicted octanol–water partition coefficient (Wildman–Crippen LogP) is 1.29. The highest BCUT2D eigenvalue weighted by Crippen LogP contribution is 2.39. The van der Waals surface area contributed by atoms with Gasteiger partial charge >= 0.3 is 0 Å². The minimum absolute atomic E-state index is 0.0540. The number of phenolic OH excluding ortho intramolecular Hbond substituents is 1. The molecular weight excluding hydrogens is 228 g/mol. The molecule has 1 unspecified atom stereocenters. The van der Waals surface area contributed by atoms with Crippen LogP contribution in [0.25, 0.3) is 6.08 Å². The minimum Gasteiger partial charge on any atom is -0.507 e. The number of phenols is 1. The Morgan fingerprint density at radius 3 is 2.62 bits per heavy atom. The van der Waals surface area contributed by atoms with Crippen LogP contribution in [-0.2, 0) is 9.84 Å². The first-order chi connectivity index (χ1) is 7.43. The Labute approximate surface area is 93.8 Å². The van der Waals surface area contributed by atoms with Crippen molar-refractivity contribution in [2.75, 3.05) is 0 Å². The third-order valence-corrected chi connectivity index (χ3v) is 4.39. The predicted molar refractivity (Wildman–Crippen MR) is 59.6 cm³/mol. The molecule has 4 nitrogen and oxygen atoms in total. The first-order valence-corrected chi connectivity index (χ1v) is 6.37. The molecule has 5 heteroatoms. The number of benzene rings is 1. The monoisotopic (exact) mass is 240 g/mol. The van der Waals surface area contributed by atoms with E-state index in [1.165, 1.54) is 31.2 Å². The van der Waals surface area contributed by atoms with Crippen molar-refractivity contribution >= 4 is 15.9 Å². The summed E-state index contributed by atoms with van der Waals surface area (Å²) in [5, 5.41) is 18.8. The Bertz CT molecular complexity index is 555. The molecule has 1 aliphatic heterocycles. The van der Waals surface area contributed by atoms with Gasteiger partial charge in [-0.2, -0.15) is 0 Å². The Morgan fingerprint density at radius 2 is 2.06 bits per heavy atom. The van der Waals surface area contributed by atoms with Gasteiger partial charge in [0.15, 0.2) is 0 Å². The van der Waals surface area contributed by atoms with Crippen molar-refractivity contribution in [3.05, 3.63) is 28.7 Å². The molecule has 0 radical (unpaired) electrons. The van der Waals surface area contributed by atoms with Crippen molar-refractivity contribution in [1.29, 1.82) is 0 Å². The molecule has 86 valence electrons. The topological polar surface area (TPSA) is 74.6 Å². The van der Waals surface area contributed by atoms with Crippen LogP contribution < -0.4 is 0 Å². The van der Waals surface area contributed by atoms with Crippen LogP contribution >= 0.6 is 0 Å². The van der Waals surface area contributed by atoms with E-state index in [1.807, 2.05) is 0 Å². The van der Waals surface area contributed by atoms with E-state index in [9.17, 15) is 18.6 Å². The maximum Gasteiger partial charge on any atom is 0.203 e. The van der Waals surface area contributed by atoms with E-state index in [0.29, 0.717) is 5.56 Å². The number of aliphatic hydroxyl groups is 1. The standard InChI is InChI=1S/C11H12O4S/c1-7(12)5-8-6-9-10(13)3-2-4-11(9)16(8,14)15/h2-4,6-7,12-13H,5H2,1H3. The summed E-state index contributed by atoms with van der Waals surface area (Å²) in [6.07, 6.45) is 0.765. The summed E-state index contributed by atoms with van der Waals surface area (Å²) in [6.45, 7) is 1.53. The fourth-order valence-electron chi connectivity index (χ4n) is 1.75. The van der Waals surface area contributed by atoms with Gasteiger partial charge in [0.1, 0.15) is 5.75 Å². The summed E-state index contributed by atoms with van der Waals surface area (Å²) >= 11 is 0. The molecule has 1 aromatic carbocycles. The van der Waals surface area contributed by atoms with Gasteiger partial charge in [0, 0.05) is 12.0 Å². The van der Waals surface area contributed by atoms with E-state index in [0.717, 1.165) is 0 Å². The van der Waals surface area contributed by atoms with E-state index < -0.39 is 15.9 Å². The molecule has 0 bridgehead atoms. The summed E-state index contributed by atoms with van der Waals surface area (Å²) in [4.78, 5) is 0.266. The van der Waals surface area contributed by atoms with Gasteiger partial charge in [-0.3, -0.25) is 0 Å². The quantitative estimate of drug-likeness (QED) is 0.817. The molecule has 16 heavy (non-hydrogen) atoms. The van der Waals surface area contributed by atoms with Crippen molar-refractivity contribution < 1.29 is 18.6 Å². The Balaban J connectivity index is 2.57. The van der Waals surface area contributed by atoms with Crippen molar-refractivity contribution in [3.63, 3.8) is 0 Å². The zero-order chi connectivity index (χ0) is 11.9. The van der Waals surface area contributed by atoms with Crippen LogP contribution in [0.15, 0.2) is 28.0 Å². The van der Waals surface area contributed by atoms with Gasteiger partial charge in [0.05, 0.1) is 15.9 Å². The fraction of sp³-hybridized carbons (Fsp3) is 0.273. The summed E-state index contributed by atoms with van der Waals surface area (Å²) in [6, 6.07) is 4.39. The molecule has 2 rings (SSSR count). The molecule has 0 aromatic heterocycles. The van der Waals surface area contributed by atoms with Gasteiger partial charge < -0.3 is 10.2 Å². The molecule has 0 aliphatic carbocycles. The summed E-state index contributed by atoms with van der Waals surface area (Å²) in [7, 11) is -3.52. The highest BCUT2D eigenvalue weighted by molar-refractivity contribution is 7.95. The lowest BCUT2D eigenvalue weighted by atomic mass is 10.1. The second-order valence-corrected chi connectivity index (χ2v) is 5.83. The average molecular weight is 240 g/mol. The summed E-state index contributed by atoms with van der Waals surface area (Å²) in [5.41, 5.74) is 0.318. The first kappa shape index (κ1) is 11.2. The van der Waals surface area contributed by atoms with Crippen LogP contribution in [0, 0.1) is 0 Å². The zero-order valence-corrected chi connectivity index (χ0v) is 9.53. The van der Waals surface area contributed by atoms with Crippen LogP contribution in [0.5, 0.6) is 5.75 Å². The van der Waals surface area contributed by atoms with E-state index in [1.54, 1.807) is 0 Å². The number of hydrogen-bond donors (Lipinski definition) is 2. The van der Waals surface area contributed by atoms with Gasteiger partial charge in [-0.1, -0.05) is 6.07 Å². The third kappa shape index (κ3) is 1.62. The van der Waals surface area contributed by atoms with Crippen molar-refractivity contribution in [2.24, 2.45) is 0 Å². The number of aliphatic hydroxyl groups excluding tert-OH is 1. The molecule has 0 fully saturated rings. The highest BCUT2D eigenvalue weighted by Gasteiger charge is 2.31. The van der Waals surface area contributed by atoms with E-state index in [2.05, 4.69) is 0 Å². The van der Waals surface area contributed by atoms with Gasteiger partial charge in [-0.25, -0.2) is 8.42 Å². The lowest BCUT2D eigenvalue weighted by Gasteiger charge is -2.05. The third-order valence-electron chi connectivity index (χ3n) is 2.48. The Morgan fingerprint density at radius 1 is 1.38 bits per heavy atom. The Kier molecular flexibility index (Phi) is 2.52. The average Bonchev–Trinajstić information content (AvgIpc) is 2.41. The summed E-state index contributed by atoms with van der Waals surface area (Å²) in [5.74, 6) is -0.0540. The van der Waals surface area contributed by atoms with Gasteiger partial charge in [0.2, 0.25) is 9.84 Å². The molecular formula is C11H12O4S. The maximum absolute atomic E-state index is 12.0. The van der Waals surface area contributed by atoms with Crippen LogP contribution in [0.1, 0.15) is 18.9 Å². The Hall–Kier alpha value is -1.33. The van der Waals surface area contributed by atoms with E-state index in [4.69, 9.17) is 0 Å². The SMILES string of the molecule is CC(O)CC1=Cc2c(O)cccc2S1(=O)=O. The number of rotatable bonds is 2. The highest BCUT2D eigenvalue weighted by atomic mass is 32.2. The minimum atomic E-state index is -3.52. The molecule has 2 N–H and O–H groups in total. The number of hydrogen-bond acceptors (Lipinski definition) is 4. The number of sulfone groups is 1. The van der Waals surface area contributed by atoms with Crippen molar-refractivity contribution in [2.45, 2.75) is 24.3 Å². The lowest BCUT2D eigenvalue weighted by Crippen LogP contribution is -2.07. The van der Waals surface area contributed by atoms with Crippen LogP contribution in [0.2, 0.25) is 0 Å². The largest absolute Gasteiger partial charge is 0.507 e. The second kappa shape index (κ2) is 3.61. The molecule has 1 atom stereocenters. The second-order valence-electron chi connectivity index (χ2n) is 3.86. The molecule has 0 spiro atoms. The molecule has 1 heterocycles.